The molecule has 1 fully saturated rings. The van der Waals surface area contributed by atoms with Gasteiger partial charge in [-0.15, -0.1) is 0 Å². The van der Waals surface area contributed by atoms with Gasteiger partial charge in [-0.2, -0.15) is 0 Å². The minimum atomic E-state index is -0.381. The summed E-state index contributed by atoms with van der Waals surface area (Å²) in [4.78, 5) is 12.2. The van der Waals surface area contributed by atoms with Crippen LogP contribution in [0.3, 0.4) is 0 Å². The average Bonchev–Trinajstić information content (AvgIpc) is 3.04. The topological polar surface area (TPSA) is 70.6 Å². The van der Waals surface area contributed by atoms with Crippen molar-refractivity contribution in [3.63, 3.8) is 0 Å². The molecule has 1 heterocycles. The first-order chi connectivity index (χ1) is 12.6. The highest BCUT2D eigenvalue weighted by molar-refractivity contribution is 5.78. The van der Waals surface area contributed by atoms with E-state index in [0.29, 0.717) is 26.1 Å². The largest absolute Gasteiger partial charge is 0.489 e. The van der Waals surface area contributed by atoms with Gasteiger partial charge in [0.05, 0.1) is 12.5 Å². The third-order valence-corrected chi connectivity index (χ3v) is 4.62. The second-order valence-electron chi connectivity index (χ2n) is 6.89. The van der Waals surface area contributed by atoms with Crippen LogP contribution in [0.15, 0.2) is 48.5 Å². The van der Waals surface area contributed by atoms with Crippen LogP contribution < -0.4 is 15.4 Å². The molecule has 0 bridgehead atoms. The van der Waals surface area contributed by atoms with Crippen LogP contribution in [0.2, 0.25) is 0 Å². The van der Waals surface area contributed by atoms with Gasteiger partial charge in [0.15, 0.2) is 0 Å². The lowest BCUT2D eigenvalue weighted by molar-refractivity contribution is -0.120. The van der Waals surface area contributed by atoms with Gasteiger partial charge in [0.2, 0.25) is 5.91 Å². The molecular formula is C21H26N2O3. The predicted octanol–water partition coefficient (Wildman–Crippen LogP) is 1.81. The first kappa shape index (κ1) is 18.4. The van der Waals surface area contributed by atoms with E-state index < -0.39 is 0 Å². The maximum absolute atomic E-state index is 12.2. The van der Waals surface area contributed by atoms with Crippen molar-refractivity contribution in [2.45, 2.75) is 26.1 Å². The maximum Gasteiger partial charge on any atom is 0.224 e. The quantitative estimate of drug-likeness (QED) is 0.709. The van der Waals surface area contributed by atoms with E-state index in [1.54, 1.807) is 0 Å². The molecule has 138 valence electrons. The lowest BCUT2D eigenvalue weighted by Crippen LogP contribution is -2.35. The molecule has 2 atom stereocenters. The molecule has 0 radical (unpaired) electrons. The van der Waals surface area contributed by atoms with E-state index in [0.717, 1.165) is 23.4 Å². The van der Waals surface area contributed by atoms with E-state index in [9.17, 15) is 9.90 Å². The van der Waals surface area contributed by atoms with Crippen molar-refractivity contribution in [2.75, 3.05) is 19.6 Å². The van der Waals surface area contributed by atoms with Crippen LogP contribution in [0.25, 0.3) is 0 Å². The number of aliphatic hydroxyl groups excluding tert-OH is 1. The zero-order valence-corrected chi connectivity index (χ0v) is 15.1. The van der Waals surface area contributed by atoms with E-state index in [1.165, 1.54) is 5.56 Å². The van der Waals surface area contributed by atoms with Crippen molar-refractivity contribution in [1.29, 1.82) is 0 Å². The molecular weight excluding hydrogens is 328 g/mol. The predicted molar refractivity (Wildman–Crippen MR) is 101 cm³/mol. The molecule has 0 spiro atoms. The number of nitrogens with one attached hydrogen (secondary N) is 2. The Morgan fingerprint density at radius 3 is 2.77 bits per heavy atom. The molecule has 2 unspecified atom stereocenters. The van der Waals surface area contributed by atoms with E-state index in [4.69, 9.17) is 4.74 Å². The Kier molecular flexibility index (Phi) is 6.26. The SMILES string of the molecule is Cc1cccc(COc2cccc(CC(=O)NCC3CNCC3O)c2)c1. The summed E-state index contributed by atoms with van der Waals surface area (Å²) in [5.41, 5.74) is 3.24. The molecule has 1 amide bonds. The minimum Gasteiger partial charge on any atom is -0.489 e. The summed E-state index contributed by atoms with van der Waals surface area (Å²) in [7, 11) is 0. The second-order valence-corrected chi connectivity index (χ2v) is 6.89. The van der Waals surface area contributed by atoms with E-state index in [2.05, 4.69) is 29.7 Å². The fourth-order valence-corrected chi connectivity index (χ4v) is 3.13. The van der Waals surface area contributed by atoms with Crippen LogP contribution in [0.4, 0.5) is 0 Å². The number of β-amino-alcohol motifs (C(OH)–C–C–N with tert-alkyl or cyclic N) is 1. The third kappa shape index (κ3) is 5.31. The van der Waals surface area contributed by atoms with Crippen molar-refractivity contribution in [2.24, 2.45) is 5.92 Å². The molecule has 3 rings (SSSR count). The molecule has 1 aliphatic heterocycles. The van der Waals surface area contributed by atoms with Crippen LogP contribution >= 0.6 is 0 Å². The second kappa shape index (κ2) is 8.83. The zero-order chi connectivity index (χ0) is 18.4. The molecule has 0 aromatic heterocycles. The number of aryl methyl sites for hydroxylation is 1. The first-order valence-corrected chi connectivity index (χ1v) is 9.03. The lowest BCUT2D eigenvalue weighted by Gasteiger charge is -2.14. The number of carbonyl (C=O) groups is 1. The van der Waals surface area contributed by atoms with Gasteiger partial charge in [-0.05, 0) is 30.2 Å². The van der Waals surface area contributed by atoms with Crippen molar-refractivity contribution >= 4 is 5.91 Å². The van der Waals surface area contributed by atoms with Crippen LogP contribution in [-0.4, -0.2) is 36.8 Å². The Bertz CT molecular complexity index is 748. The zero-order valence-electron chi connectivity index (χ0n) is 15.1. The number of aliphatic hydroxyl groups is 1. The number of ether oxygens (including phenoxy) is 1. The Hall–Kier alpha value is -2.37. The monoisotopic (exact) mass is 354 g/mol. The molecule has 2 aromatic carbocycles. The van der Waals surface area contributed by atoms with Crippen LogP contribution in [0.1, 0.15) is 16.7 Å². The van der Waals surface area contributed by atoms with Gasteiger partial charge in [0.1, 0.15) is 12.4 Å². The minimum absolute atomic E-state index is 0.0417. The summed E-state index contributed by atoms with van der Waals surface area (Å²) < 4.78 is 5.85. The van der Waals surface area contributed by atoms with Crippen molar-refractivity contribution in [3.05, 3.63) is 65.2 Å². The Labute approximate surface area is 154 Å². The highest BCUT2D eigenvalue weighted by Gasteiger charge is 2.24. The summed E-state index contributed by atoms with van der Waals surface area (Å²) in [5.74, 6) is 0.801. The van der Waals surface area contributed by atoms with Gasteiger partial charge >= 0.3 is 0 Å². The number of hydrogen-bond donors (Lipinski definition) is 3. The molecule has 0 saturated carbocycles. The van der Waals surface area contributed by atoms with E-state index in [1.807, 2.05) is 36.4 Å². The Morgan fingerprint density at radius 1 is 1.19 bits per heavy atom. The number of amides is 1. The molecule has 2 aromatic rings. The Morgan fingerprint density at radius 2 is 2.00 bits per heavy atom. The van der Waals surface area contributed by atoms with Crippen molar-refractivity contribution < 1.29 is 14.6 Å². The number of carbonyl (C=O) groups excluding carboxylic acids is 1. The number of benzene rings is 2. The third-order valence-electron chi connectivity index (χ3n) is 4.62. The molecule has 1 saturated heterocycles. The molecule has 1 aliphatic rings. The summed E-state index contributed by atoms with van der Waals surface area (Å²) in [5, 5.41) is 15.8. The number of rotatable bonds is 7. The van der Waals surface area contributed by atoms with Crippen LogP contribution in [0.5, 0.6) is 5.75 Å². The van der Waals surface area contributed by atoms with Gasteiger partial charge < -0.3 is 20.5 Å². The highest BCUT2D eigenvalue weighted by Crippen LogP contribution is 2.16. The summed E-state index contributed by atoms with van der Waals surface area (Å²) >= 11 is 0. The molecule has 5 nitrogen and oxygen atoms in total. The van der Waals surface area contributed by atoms with Gasteiger partial charge in [-0.3, -0.25) is 4.79 Å². The van der Waals surface area contributed by atoms with Gasteiger partial charge in [-0.25, -0.2) is 0 Å². The van der Waals surface area contributed by atoms with E-state index in [-0.39, 0.29) is 17.9 Å². The highest BCUT2D eigenvalue weighted by atomic mass is 16.5. The van der Waals surface area contributed by atoms with Gasteiger partial charge in [0.25, 0.3) is 0 Å². The van der Waals surface area contributed by atoms with Crippen molar-refractivity contribution in [3.8, 4) is 5.75 Å². The van der Waals surface area contributed by atoms with Gasteiger partial charge in [-0.1, -0.05) is 42.0 Å². The summed E-state index contributed by atoms with van der Waals surface area (Å²) in [6.45, 7) is 4.40. The fraction of sp³-hybridized carbons (Fsp3) is 0.381. The Balaban J connectivity index is 1.49. The van der Waals surface area contributed by atoms with Crippen LogP contribution in [0, 0.1) is 12.8 Å². The van der Waals surface area contributed by atoms with Gasteiger partial charge in [0, 0.05) is 25.6 Å². The molecule has 0 aliphatic carbocycles. The molecule has 26 heavy (non-hydrogen) atoms. The maximum atomic E-state index is 12.2. The first-order valence-electron chi connectivity index (χ1n) is 9.03. The summed E-state index contributed by atoms with van der Waals surface area (Å²) in [6, 6.07) is 15.8. The molecule has 5 heteroatoms. The van der Waals surface area contributed by atoms with Crippen LogP contribution in [-0.2, 0) is 17.8 Å². The lowest BCUT2D eigenvalue weighted by atomic mass is 10.1. The normalized spacial score (nSPS) is 19.3. The molecule has 3 N–H and O–H groups in total. The standard InChI is InChI=1S/C21H26N2O3/c1-15-4-2-6-17(8-15)14-26-19-7-3-5-16(9-19)10-21(25)23-12-18-11-22-13-20(18)24/h2-9,18,20,22,24H,10-14H2,1H3,(H,23,25). The van der Waals surface area contributed by atoms with E-state index >= 15 is 0 Å². The van der Waals surface area contributed by atoms with Crippen molar-refractivity contribution in [1.82, 2.24) is 10.6 Å². The number of hydrogen-bond acceptors (Lipinski definition) is 4. The fourth-order valence-electron chi connectivity index (χ4n) is 3.13. The summed E-state index contributed by atoms with van der Waals surface area (Å²) in [6.07, 6.45) is -0.0774. The smallest absolute Gasteiger partial charge is 0.224 e. The average molecular weight is 354 g/mol.